The first-order valence-corrected chi connectivity index (χ1v) is 19.6. The van der Waals surface area contributed by atoms with Crippen LogP contribution < -0.4 is 26.0 Å². The van der Waals surface area contributed by atoms with Crippen molar-refractivity contribution in [2.45, 2.75) is 71.9 Å². The molecule has 294 valence electrons. The Morgan fingerprint density at radius 3 is 2.46 bits per heavy atom. The number of nitrogens with one attached hydrogen (secondary N) is 4. The van der Waals surface area contributed by atoms with Gasteiger partial charge in [0.25, 0.3) is 11.8 Å². The standard InChI is InChI=1S/C42H47N5O8S/c1-6-15-43-39(50)33-12-10-28(36(46-33)40(51)53-5)29-21-34-31(37-26(13-16-54-34)14-17-56-37)20-30(29)38(49)47-32-11-9-25(23-45-41(52)55-42(2,3)4)18-27(32)19-35(48)44-22-24-7-8-24/h9-12,14,17-18,20-21,24H,6-8,13,15-16,19,22-23H2,1-5H3,(H,43,50)(H,44,48)(H,45,52)(H,47,49). The number of aromatic nitrogens is 1. The molecule has 0 bridgehead atoms. The second-order valence-electron chi connectivity index (χ2n) is 14.8. The number of hydrogen-bond acceptors (Lipinski definition) is 10. The molecule has 4 N–H and O–H groups in total. The molecule has 13 nitrogen and oxygen atoms in total. The van der Waals surface area contributed by atoms with E-state index >= 15 is 0 Å². The fourth-order valence-electron chi connectivity index (χ4n) is 6.23. The van der Waals surface area contributed by atoms with Crippen LogP contribution in [0.1, 0.15) is 95.0 Å². The van der Waals surface area contributed by atoms with Crippen LogP contribution in [0.25, 0.3) is 21.6 Å². The van der Waals surface area contributed by atoms with E-state index in [9.17, 15) is 24.0 Å². The maximum atomic E-state index is 14.6. The molecule has 2 aromatic carbocycles. The summed E-state index contributed by atoms with van der Waals surface area (Å²) in [6, 6.07) is 13.8. The number of methoxy groups -OCH3 is 1. The number of amides is 4. The van der Waals surface area contributed by atoms with Crippen molar-refractivity contribution in [3.63, 3.8) is 0 Å². The molecule has 6 rings (SSSR count). The zero-order valence-electron chi connectivity index (χ0n) is 32.3. The third kappa shape index (κ3) is 9.91. The molecule has 0 unspecified atom stereocenters. The van der Waals surface area contributed by atoms with Crippen LogP contribution in [-0.4, -0.2) is 67.2 Å². The van der Waals surface area contributed by atoms with Gasteiger partial charge >= 0.3 is 12.1 Å². The van der Waals surface area contributed by atoms with Crippen LogP contribution in [0.2, 0.25) is 0 Å². The lowest BCUT2D eigenvalue weighted by Gasteiger charge is -2.20. The van der Waals surface area contributed by atoms with E-state index in [1.807, 2.05) is 18.4 Å². The molecule has 0 saturated heterocycles. The molecule has 56 heavy (non-hydrogen) atoms. The molecule has 3 heterocycles. The Hall–Kier alpha value is -5.76. The van der Waals surface area contributed by atoms with Gasteiger partial charge in [-0.3, -0.25) is 14.4 Å². The molecule has 0 radical (unpaired) electrons. The van der Waals surface area contributed by atoms with E-state index in [1.54, 1.807) is 57.2 Å². The Kier molecular flexibility index (Phi) is 12.4. The number of fused-ring (bicyclic) bond motifs is 3. The first kappa shape index (κ1) is 39.9. The fraction of sp³-hybridized carbons (Fsp3) is 0.381. The normalized spacial score (nSPS) is 13.2. The van der Waals surface area contributed by atoms with Gasteiger partial charge in [0.2, 0.25) is 5.91 Å². The summed E-state index contributed by atoms with van der Waals surface area (Å²) in [4.78, 5) is 71.8. The molecule has 2 aliphatic rings. The van der Waals surface area contributed by atoms with Gasteiger partial charge in [-0.05, 0) is 104 Å². The highest BCUT2D eigenvalue weighted by molar-refractivity contribution is 7.13. The molecule has 0 spiro atoms. The molecule has 1 saturated carbocycles. The number of esters is 1. The lowest BCUT2D eigenvalue weighted by Crippen LogP contribution is -2.32. The van der Waals surface area contributed by atoms with Crippen molar-refractivity contribution in [1.82, 2.24) is 20.9 Å². The lowest BCUT2D eigenvalue weighted by atomic mass is 9.93. The Labute approximate surface area is 329 Å². The molecule has 14 heteroatoms. The largest absolute Gasteiger partial charge is 0.493 e. The van der Waals surface area contributed by atoms with Crippen molar-refractivity contribution in [2.75, 3.05) is 32.1 Å². The van der Waals surface area contributed by atoms with Crippen LogP contribution in [-0.2, 0) is 33.7 Å². The van der Waals surface area contributed by atoms with Crippen LogP contribution in [0.15, 0.2) is 53.9 Å². The van der Waals surface area contributed by atoms with Crippen molar-refractivity contribution in [2.24, 2.45) is 5.92 Å². The number of anilines is 1. The summed E-state index contributed by atoms with van der Waals surface area (Å²) in [5.74, 6) is -0.961. The highest BCUT2D eigenvalue weighted by Gasteiger charge is 2.28. The SMILES string of the molecule is CCCNC(=O)c1ccc(-c2cc3c(cc2C(=O)Nc2ccc(CNC(=O)OC(C)(C)C)cc2CC(=O)NCC2CC2)-c2sccc2CCO3)c(C(=O)OC)n1. The predicted octanol–water partition coefficient (Wildman–Crippen LogP) is 6.68. The number of pyridine rings is 1. The summed E-state index contributed by atoms with van der Waals surface area (Å²) in [6.45, 7) is 8.81. The minimum Gasteiger partial charge on any atom is -0.493 e. The molecule has 2 aromatic heterocycles. The number of benzene rings is 2. The van der Waals surface area contributed by atoms with Gasteiger partial charge in [-0.1, -0.05) is 19.1 Å². The molecule has 1 aliphatic heterocycles. The van der Waals surface area contributed by atoms with Crippen molar-refractivity contribution < 1.29 is 38.2 Å². The summed E-state index contributed by atoms with van der Waals surface area (Å²) in [7, 11) is 1.22. The zero-order valence-corrected chi connectivity index (χ0v) is 33.1. The topological polar surface area (TPSA) is 174 Å². The molecule has 0 atom stereocenters. The zero-order chi connectivity index (χ0) is 40.0. The van der Waals surface area contributed by atoms with Crippen molar-refractivity contribution in [3.8, 4) is 27.3 Å². The minimum atomic E-state index is -0.789. The van der Waals surface area contributed by atoms with Gasteiger partial charge in [0.15, 0.2) is 5.69 Å². The summed E-state index contributed by atoms with van der Waals surface area (Å²) in [6.07, 6.45) is 2.94. The van der Waals surface area contributed by atoms with Crippen LogP contribution in [0.4, 0.5) is 10.5 Å². The highest BCUT2D eigenvalue weighted by Crippen LogP contribution is 2.43. The maximum Gasteiger partial charge on any atom is 0.407 e. The summed E-state index contributed by atoms with van der Waals surface area (Å²) in [5, 5.41) is 13.5. The van der Waals surface area contributed by atoms with Crippen molar-refractivity contribution in [1.29, 1.82) is 0 Å². The van der Waals surface area contributed by atoms with Crippen LogP contribution >= 0.6 is 11.3 Å². The number of carbonyl (C=O) groups is 5. The third-order valence-corrected chi connectivity index (χ3v) is 10.2. The number of nitrogens with zero attached hydrogens (tertiary/aromatic N) is 1. The van der Waals surface area contributed by atoms with Gasteiger partial charge in [-0.15, -0.1) is 11.3 Å². The van der Waals surface area contributed by atoms with E-state index in [4.69, 9.17) is 14.2 Å². The molecule has 1 aliphatic carbocycles. The van der Waals surface area contributed by atoms with Crippen molar-refractivity contribution >= 4 is 46.8 Å². The average Bonchev–Trinajstić information content (AvgIpc) is 3.93. The summed E-state index contributed by atoms with van der Waals surface area (Å²) < 4.78 is 16.7. The number of carbonyl (C=O) groups excluding carboxylic acids is 5. The van der Waals surface area contributed by atoms with E-state index in [0.717, 1.165) is 23.3 Å². The Bertz CT molecular complexity index is 2150. The van der Waals surface area contributed by atoms with Crippen LogP contribution in [0, 0.1) is 5.92 Å². The number of hydrogen-bond donors (Lipinski definition) is 4. The average molecular weight is 782 g/mol. The minimum absolute atomic E-state index is 0.0219. The van der Waals surface area contributed by atoms with Gasteiger partial charge < -0.3 is 35.5 Å². The second-order valence-corrected chi connectivity index (χ2v) is 15.7. The third-order valence-electron chi connectivity index (χ3n) is 9.21. The number of alkyl carbamates (subject to hydrolysis) is 1. The van der Waals surface area contributed by atoms with Gasteiger partial charge in [-0.2, -0.15) is 0 Å². The molecule has 4 amide bonds. The fourth-order valence-corrected chi connectivity index (χ4v) is 7.21. The van der Waals surface area contributed by atoms with Crippen LogP contribution in [0.5, 0.6) is 5.75 Å². The van der Waals surface area contributed by atoms with Gasteiger partial charge in [-0.25, -0.2) is 14.6 Å². The molecule has 4 aromatic rings. The van der Waals surface area contributed by atoms with Gasteiger partial charge in [0, 0.05) is 58.9 Å². The number of ether oxygens (including phenoxy) is 3. The monoisotopic (exact) mass is 781 g/mol. The smallest absolute Gasteiger partial charge is 0.407 e. The molecule has 1 fully saturated rings. The molecular formula is C42H47N5O8S. The maximum absolute atomic E-state index is 14.6. The van der Waals surface area contributed by atoms with E-state index < -0.39 is 29.5 Å². The van der Waals surface area contributed by atoms with Gasteiger partial charge in [0.05, 0.1) is 20.1 Å². The van der Waals surface area contributed by atoms with E-state index in [1.165, 1.54) is 24.5 Å². The van der Waals surface area contributed by atoms with E-state index in [0.29, 0.717) is 72.1 Å². The lowest BCUT2D eigenvalue weighted by molar-refractivity contribution is -0.120. The summed E-state index contributed by atoms with van der Waals surface area (Å²) in [5.41, 5.74) is 3.42. The number of rotatable bonds is 13. The summed E-state index contributed by atoms with van der Waals surface area (Å²) >= 11 is 1.54. The Morgan fingerprint density at radius 1 is 0.929 bits per heavy atom. The first-order valence-electron chi connectivity index (χ1n) is 18.8. The Balaban J connectivity index is 1.40. The van der Waals surface area contributed by atoms with Gasteiger partial charge in [0.1, 0.15) is 17.0 Å². The molecular weight excluding hydrogens is 735 g/mol. The van der Waals surface area contributed by atoms with E-state index in [-0.39, 0.29) is 41.4 Å². The quantitative estimate of drug-likeness (QED) is 0.108. The number of thiophene rings is 1. The highest BCUT2D eigenvalue weighted by atomic mass is 32.1. The first-order chi connectivity index (χ1) is 26.8. The Morgan fingerprint density at radius 2 is 1.73 bits per heavy atom. The second kappa shape index (κ2) is 17.4. The van der Waals surface area contributed by atoms with Crippen molar-refractivity contribution in [3.05, 3.63) is 87.6 Å². The van der Waals surface area contributed by atoms with E-state index in [2.05, 4.69) is 26.3 Å². The predicted molar refractivity (Wildman–Crippen MR) is 213 cm³/mol. The van der Waals surface area contributed by atoms with Crippen LogP contribution in [0.3, 0.4) is 0 Å².